The van der Waals surface area contributed by atoms with Crippen molar-refractivity contribution in [1.29, 1.82) is 0 Å². The normalized spacial score (nSPS) is 11.4. The Kier molecular flexibility index (Phi) is 6.19. The molecule has 0 spiro atoms. The molecule has 17 heavy (non-hydrogen) atoms. The van der Waals surface area contributed by atoms with E-state index in [2.05, 4.69) is 0 Å². The molecule has 2 N–H and O–H groups in total. The maximum absolute atomic E-state index is 5.77. The fourth-order valence-corrected chi connectivity index (χ4v) is 1.45. The van der Waals surface area contributed by atoms with Crippen LogP contribution >= 0.6 is 23.2 Å². The first kappa shape index (κ1) is 14.2. The zero-order chi connectivity index (χ0) is 12.7. The SMILES string of the molecule is CCOc1cccc(CN)c1OCC(Cl)=CCl. The summed E-state index contributed by atoms with van der Waals surface area (Å²) in [5.74, 6) is 1.28. The van der Waals surface area contributed by atoms with Crippen LogP contribution < -0.4 is 15.2 Å². The number of ether oxygens (including phenoxy) is 2. The fraction of sp³-hybridized carbons (Fsp3) is 0.333. The first-order chi connectivity index (χ1) is 8.22. The third-order valence-corrected chi connectivity index (χ3v) is 2.65. The Bertz CT molecular complexity index is 394. The van der Waals surface area contributed by atoms with E-state index in [1.165, 1.54) is 5.54 Å². The van der Waals surface area contributed by atoms with Gasteiger partial charge in [-0.05, 0) is 13.0 Å². The molecule has 0 radical (unpaired) electrons. The van der Waals surface area contributed by atoms with Gasteiger partial charge >= 0.3 is 0 Å². The highest BCUT2D eigenvalue weighted by Gasteiger charge is 2.10. The number of hydrogen-bond acceptors (Lipinski definition) is 3. The highest BCUT2D eigenvalue weighted by molar-refractivity contribution is 6.36. The number of benzene rings is 1. The van der Waals surface area contributed by atoms with E-state index < -0.39 is 0 Å². The van der Waals surface area contributed by atoms with Crippen molar-refractivity contribution in [2.75, 3.05) is 13.2 Å². The predicted molar refractivity (Wildman–Crippen MR) is 70.8 cm³/mol. The van der Waals surface area contributed by atoms with Crippen LogP contribution in [0.4, 0.5) is 0 Å². The lowest BCUT2D eigenvalue weighted by Crippen LogP contribution is -2.06. The molecule has 0 aliphatic carbocycles. The van der Waals surface area contributed by atoms with E-state index in [9.17, 15) is 0 Å². The van der Waals surface area contributed by atoms with E-state index in [1.54, 1.807) is 0 Å². The van der Waals surface area contributed by atoms with Gasteiger partial charge in [-0.15, -0.1) is 0 Å². The molecule has 0 aliphatic heterocycles. The standard InChI is InChI=1S/C12H15Cl2NO2/c1-2-16-11-5-3-4-9(7-15)12(11)17-8-10(14)6-13/h3-6H,2,7-8,15H2,1H3. The number of rotatable bonds is 6. The van der Waals surface area contributed by atoms with Crippen LogP contribution in [0.5, 0.6) is 11.5 Å². The number of para-hydroxylation sites is 1. The molecule has 1 rings (SSSR count). The zero-order valence-corrected chi connectivity index (χ0v) is 11.1. The molecule has 0 saturated carbocycles. The monoisotopic (exact) mass is 275 g/mol. The third-order valence-electron chi connectivity index (χ3n) is 2.05. The summed E-state index contributed by atoms with van der Waals surface area (Å²) < 4.78 is 11.0. The Labute approximate surface area is 111 Å². The smallest absolute Gasteiger partial charge is 0.166 e. The van der Waals surface area contributed by atoms with Crippen LogP contribution in [-0.2, 0) is 6.54 Å². The summed E-state index contributed by atoms with van der Waals surface area (Å²) >= 11 is 11.2. The van der Waals surface area contributed by atoms with Gasteiger partial charge in [-0.3, -0.25) is 0 Å². The molecule has 0 bridgehead atoms. The molecule has 0 aliphatic rings. The van der Waals surface area contributed by atoms with Gasteiger partial charge in [0.15, 0.2) is 11.5 Å². The minimum atomic E-state index is 0.197. The summed E-state index contributed by atoms with van der Waals surface area (Å²) in [7, 11) is 0. The Hall–Kier alpha value is -0.900. The molecular weight excluding hydrogens is 261 g/mol. The lowest BCUT2D eigenvalue weighted by Gasteiger charge is -2.14. The van der Waals surface area contributed by atoms with Gasteiger partial charge in [-0.25, -0.2) is 0 Å². The molecule has 0 atom stereocenters. The summed E-state index contributed by atoms with van der Waals surface area (Å²) in [6, 6.07) is 5.59. The van der Waals surface area contributed by atoms with Gasteiger partial charge in [0.05, 0.1) is 11.6 Å². The van der Waals surface area contributed by atoms with E-state index in [0.717, 1.165) is 5.56 Å². The van der Waals surface area contributed by atoms with E-state index in [1.807, 2.05) is 25.1 Å². The van der Waals surface area contributed by atoms with Crippen LogP contribution in [0.3, 0.4) is 0 Å². The van der Waals surface area contributed by atoms with Crippen LogP contribution in [0.2, 0.25) is 0 Å². The summed E-state index contributed by atoms with van der Waals surface area (Å²) in [4.78, 5) is 0. The van der Waals surface area contributed by atoms with Crippen LogP contribution in [-0.4, -0.2) is 13.2 Å². The van der Waals surface area contributed by atoms with E-state index >= 15 is 0 Å². The average Bonchev–Trinajstić information content (AvgIpc) is 2.36. The lowest BCUT2D eigenvalue weighted by molar-refractivity contribution is 0.293. The molecule has 0 amide bonds. The van der Waals surface area contributed by atoms with E-state index in [4.69, 9.17) is 38.4 Å². The van der Waals surface area contributed by atoms with E-state index in [0.29, 0.717) is 29.7 Å². The average molecular weight is 276 g/mol. The lowest BCUT2D eigenvalue weighted by atomic mass is 10.2. The molecule has 94 valence electrons. The number of hydrogen-bond donors (Lipinski definition) is 1. The van der Waals surface area contributed by atoms with Crippen molar-refractivity contribution in [3.63, 3.8) is 0 Å². The Morgan fingerprint density at radius 1 is 1.41 bits per heavy atom. The van der Waals surface area contributed by atoms with Crippen molar-refractivity contribution < 1.29 is 9.47 Å². The largest absolute Gasteiger partial charge is 0.490 e. The first-order valence-corrected chi connectivity index (χ1v) is 6.06. The summed E-state index contributed by atoms with van der Waals surface area (Å²) in [6.45, 7) is 3.04. The highest BCUT2D eigenvalue weighted by atomic mass is 35.5. The maximum Gasteiger partial charge on any atom is 0.166 e. The van der Waals surface area contributed by atoms with Crippen LogP contribution in [0.25, 0.3) is 0 Å². The molecule has 0 saturated heterocycles. The second-order valence-corrected chi connectivity index (χ2v) is 3.93. The summed E-state index contributed by atoms with van der Waals surface area (Å²) in [6.07, 6.45) is 0. The van der Waals surface area contributed by atoms with Gasteiger partial charge in [0.25, 0.3) is 0 Å². The maximum atomic E-state index is 5.77. The number of halogens is 2. The van der Waals surface area contributed by atoms with E-state index in [-0.39, 0.29) is 6.61 Å². The molecule has 0 heterocycles. The Balaban J connectivity index is 2.92. The second kappa shape index (κ2) is 7.43. The third kappa shape index (κ3) is 4.11. The Morgan fingerprint density at radius 2 is 2.18 bits per heavy atom. The Morgan fingerprint density at radius 3 is 2.76 bits per heavy atom. The number of nitrogens with two attached hydrogens (primary N) is 1. The van der Waals surface area contributed by atoms with Crippen molar-refractivity contribution in [2.24, 2.45) is 5.73 Å². The molecule has 1 aromatic carbocycles. The van der Waals surface area contributed by atoms with Gasteiger partial charge in [0.2, 0.25) is 0 Å². The topological polar surface area (TPSA) is 44.5 Å². The van der Waals surface area contributed by atoms with Crippen LogP contribution in [0.15, 0.2) is 28.8 Å². The minimum absolute atomic E-state index is 0.197. The van der Waals surface area contributed by atoms with Gasteiger partial charge in [0.1, 0.15) is 6.61 Å². The minimum Gasteiger partial charge on any atom is -0.490 e. The van der Waals surface area contributed by atoms with Crippen molar-refractivity contribution in [3.05, 3.63) is 34.3 Å². The molecule has 3 nitrogen and oxygen atoms in total. The van der Waals surface area contributed by atoms with Crippen molar-refractivity contribution in [1.82, 2.24) is 0 Å². The van der Waals surface area contributed by atoms with Crippen molar-refractivity contribution >= 4 is 23.2 Å². The molecule has 0 aromatic heterocycles. The summed E-state index contributed by atoms with van der Waals surface area (Å²) in [5, 5.41) is 0.418. The molecule has 0 fully saturated rings. The van der Waals surface area contributed by atoms with Gasteiger partial charge < -0.3 is 15.2 Å². The quantitative estimate of drug-likeness (QED) is 0.867. The summed E-state index contributed by atoms with van der Waals surface area (Å²) in [5.41, 5.74) is 7.79. The van der Waals surface area contributed by atoms with Gasteiger partial charge in [-0.1, -0.05) is 35.3 Å². The predicted octanol–water partition coefficient (Wildman–Crippen LogP) is 3.24. The van der Waals surface area contributed by atoms with Crippen molar-refractivity contribution in [2.45, 2.75) is 13.5 Å². The zero-order valence-electron chi connectivity index (χ0n) is 9.58. The molecule has 0 unspecified atom stereocenters. The van der Waals surface area contributed by atoms with Crippen molar-refractivity contribution in [3.8, 4) is 11.5 Å². The van der Waals surface area contributed by atoms with Crippen LogP contribution in [0, 0.1) is 0 Å². The van der Waals surface area contributed by atoms with Crippen LogP contribution in [0.1, 0.15) is 12.5 Å². The first-order valence-electron chi connectivity index (χ1n) is 5.25. The second-order valence-electron chi connectivity index (χ2n) is 3.23. The molecule has 1 aromatic rings. The highest BCUT2D eigenvalue weighted by Crippen LogP contribution is 2.31. The van der Waals surface area contributed by atoms with Gasteiger partial charge in [-0.2, -0.15) is 0 Å². The molecular formula is C12H15Cl2NO2. The molecule has 5 heteroatoms. The fourth-order valence-electron chi connectivity index (χ4n) is 1.33. The van der Waals surface area contributed by atoms with Gasteiger partial charge in [0, 0.05) is 17.6 Å².